The average molecular weight is 628 g/mol. The molecular weight excluding hydrogens is 599 g/mol. The van der Waals surface area contributed by atoms with Gasteiger partial charge in [-0.1, -0.05) is 127 Å². The van der Waals surface area contributed by atoms with E-state index in [0.29, 0.717) is 5.84 Å². The fourth-order valence-corrected chi connectivity index (χ4v) is 7.18. The van der Waals surface area contributed by atoms with Crippen LogP contribution in [0.15, 0.2) is 178 Å². The van der Waals surface area contributed by atoms with Crippen molar-refractivity contribution in [1.82, 2.24) is 5.32 Å². The molecule has 0 bridgehead atoms. The zero-order valence-electron chi connectivity index (χ0n) is 26.5. The summed E-state index contributed by atoms with van der Waals surface area (Å²) in [4.78, 5) is 10.4. The fourth-order valence-electron chi connectivity index (χ4n) is 7.18. The third-order valence-corrected chi connectivity index (χ3v) is 9.68. The molecule has 0 saturated heterocycles. The lowest BCUT2D eigenvalue weighted by molar-refractivity contribution is 0.662. The highest BCUT2D eigenvalue weighted by molar-refractivity contribution is 6.15. The molecule has 0 amide bonds. The Balaban J connectivity index is 1.14. The van der Waals surface area contributed by atoms with Gasteiger partial charge in [0.1, 0.15) is 23.2 Å². The molecule has 10 rings (SSSR count). The molecule has 4 nitrogen and oxygen atoms in total. The number of amidine groups is 2. The van der Waals surface area contributed by atoms with Gasteiger partial charge < -0.3 is 9.73 Å². The van der Waals surface area contributed by atoms with Crippen molar-refractivity contribution in [1.29, 1.82) is 0 Å². The van der Waals surface area contributed by atoms with Gasteiger partial charge in [0, 0.05) is 27.5 Å². The lowest BCUT2D eigenvalue weighted by atomic mass is 9.98. The molecule has 1 aliphatic rings. The summed E-state index contributed by atoms with van der Waals surface area (Å²) < 4.78 is 6.46. The minimum atomic E-state index is -0.394. The van der Waals surface area contributed by atoms with Crippen molar-refractivity contribution in [2.24, 2.45) is 9.98 Å². The van der Waals surface area contributed by atoms with Crippen LogP contribution in [0.25, 0.3) is 65.4 Å². The first kappa shape index (κ1) is 27.6. The molecule has 4 heteroatoms. The second-order valence-corrected chi connectivity index (χ2v) is 12.7. The fraction of sp³-hybridized carbons (Fsp3) is 0.0222. The second kappa shape index (κ2) is 11.0. The maximum atomic E-state index is 6.46. The summed E-state index contributed by atoms with van der Waals surface area (Å²) in [6.45, 7) is 0. The Morgan fingerprint density at radius 3 is 1.69 bits per heavy atom. The molecule has 1 aliphatic heterocycles. The molecular formula is C45H29N3O. The Kier molecular flexibility index (Phi) is 6.21. The number of nitrogens with zero attached hydrogens (tertiary/aromatic N) is 2. The van der Waals surface area contributed by atoms with E-state index in [1.807, 2.05) is 6.07 Å². The highest BCUT2D eigenvalue weighted by Crippen LogP contribution is 2.38. The largest absolute Gasteiger partial charge is 0.456 e. The van der Waals surface area contributed by atoms with Crippen molar-refractivity contribution >= 4 is 65.9 Å². The first-order valence-electron chi connectivity index (χ1n) is 16.6. The van der Waals surface area contributed by atoms with Crippen LogP contribution in [0.1, 0.15) is 22.9 Å². The summed E-state index contributed by atoms with van der Waals surface area (Å²) in [5.41, 5.74) is 7.04. The maximum Gasteiger partial charge on any atom is 0.159 e. The van der Waals surface area contributed by atoms with Gasteiger partial charge in [-0.05, 0) is 79.8 Å². The lowest BCUT2D eigenvalue weighted by Gasteiger charge is -2.24. The molecule has 0 spiro atoms. The Bertz CT molecular complexity index is 2820. The van der Waals surface area contributed by atoms with Crippen molar-refractivity contribution in [3.63, 3.8) is 0 Å². The van der Waals surface area contributed by atoms with Crippen LogP contribution < -0.4 is 5.32 Å². The topological polar surface area (TPSA) is 49.9 Å². The Hall–Kier alpha value is -6.52. The molecule has 1 atom stereocenters. The number of hydrogen-bond acceptors (Lipinski definition) is 4. The number of rotatable bonds is 4. The predicted octanol–water partition coefficient (Wildman–Crippen LogP) is 11.2. The van der Waals surface area contributed by atoms with E-state index in [9.17, 15) is 0 Å². The minimum absolute atomic E-state index is 0.394. The molecule has 0 fully saturated rings. The first-order valence-corrected chi connectivity index (χ1v) is 16.6. The summed E-state index contributed by atoms with van der Waals surface area (Å²) >= 11 is 0. The monoisotopic (exact) mass is 627 g/mol. The molecule has 8 aromatic carbocycles. The van der Waals surface area contributed by atoms with Gasteiger partial charge in [0.25, 0.3) is 0 Å². The highest BCUT2D eigenvalue weighted by Gasteiger charge is 2.25. The van der Waals surface area contributed by atoms with E-state index in [4.69, 9.17) is 14.4 Å². The van der Waals surface area contributed by atoms with Gasteiger partial charge in [-0.25, -0.2) is 9.98 Å². The van der Waals surface area contributed by atoms with Crippen LogP contribution in [0.4, 0.5) is 0 Å². The standard InChI is InChI=1S/C45H29N3O/c1-4-11-31-24-34(19-16-28(31)8-1)35-22-23-40-39(27-35)42-38(14-7-15-41(42)49-40)45-47-43(36-20-17-29-9-2-5-12-32(29)25-36)46-44(48-45)37-21-18-30-10-3-6-13-33(30)26-37/h1-27,45H,(H,46,47,48). The van der Waals surface area contributed by atoms with Crippen molar-refractivity contribution in [3.8, 4) is 11.1 Å². The summed E-state index contributed by atoms with van der Waals surface area (Å²) in [5.74, 6) is 1.48. The van der Waals surface area contributed by atoms with Gasteiger partial charge in [-0.3, -0.25) is 0 Å². The number of fused-ring (bicyclic) bond motifs is 6. The van der Waals surface area contributed by atoms with Crippen molar-refractivity contribution in [2.75, 3.05) is 0 Å². The average Bonchev–Trinajstić information content (AvgIpc) is 3.55. The summed E-state index contributed by atoms with van der Waals surface area (Å²) in [7, 11) is 0. The zero-order valence-corrected chi connectivity index (χ0v) is 26.5. The van der Waals surface area contributed by atoms with Gasteiger partial charge in [0.05, 0.1) is 0 Å². The second-order valence-electron chi connectivity index (χ2n) is 12.7. The molecule has 1 N–H and O–H groups in total. The molecule has 230 valence electrons. The number of furan rings is 1. The molecule has 0 radical (unpaired) electrons. The third-order valence-electron chi connectivity index (χ3n) is 9.68. The Labute approximate surface area is 282 Å². The van der Waals surface area contributed by atoms with Crippen molar-refractivity contribution in [2.45, 2.75) is 6.17 Å². The van der Waals surface area contributed by atoms with Gasteiger partial charge >= 0.3 is 0 Å². The minimum Gasteiger partial charge on any atom is -0.456 e. The smallest absolute Gasteiger partial charge is 0.159 e. The van der Waals surface area contributed by atoms with E-state index in [1.165, 1.54) is 32.5 Å². The molecule has 2 heterocycles. The van der Waals surface area contributed by atoms with Gasteiger partial charge in [0.2, 0.25) is 0 Å². The third kappa shape index (κ3) is 4.77. The lowest BCUT2D eigenvalue weighted by Crippen LogP contribution is -2.33. The number of benzene rings is 8. The first-order chi connectivity index (χ1) is 24.2. The number of aliphatic imine (C=N–C) groups is 2. The van der Waals surface area contributed by atoms with Crippen LogP contribution in [-0.2, 0) is 0 Å². The molecule has 1 unspecified atom stereocenters. The molecule has 1 aromatic heterocycles. The van der Waals surface area contributed by atoms with Crippen LogP contribution in [0.2, 0.25) is 0 Å². The van der Waals surface area contributed by atoms with Crippen LogP contribution >= 0.6 is 0 Å². The van der Waals surface area contributed by atoms with E-state index in [1.54, 1.807) is 0 Å². The van der Waals surface area contributed by atoms with E-state index < -0.39 is 6.17 Å². The van der Waals surface area contributed by atoms with E-state index in [0.717, 1.165) is 55.4 Å². The zero-order chi connectivity index (χ0) is 32.3. The summed E-state index contributed by atoms with van der Waals surface area (Å²) in [6, 6.07) is 57.6. The quantitative estimate of drug-likeness (QED) is 0.211. The van der Waals surface area contributed by atoms with Gasteiger partial charge in [0.15, 0.2) is 5.84 Å². The number of nitrogens with one attached hydrogen (secondary N) is 1. The van der Waals surface area contributed by atoms with Crippen LogP contribution in [0.5, 0.6) is 0 Å². The van der Waals surface area contributed by atoms with Crippen molar-refractivity contribution < 1.29 is 4.42 Å². The molecule has 9 aromatic rings. The van der Waals surface area contributed by atoms with Crippen LogP contribution in [-0.4, -0.2) is 11.7 Å². The van der Waals surface area contributed by atoms with Gasteiger partial charge in [-0.15, -0.1) is 0 Å². The normalized spacial score (nSPS) is 14.7. The van der Waals surface area contributed by atoms with Crippen LogP contribution in [0, 0.1) is 0 Å². The Morgan fingerprint density at radius 1 is 0.449 bits per heavy atom. The molecule has 0 saturated carbocycles. The van der Waals surface area contributed by atoms with E-state index in [2.05, 4.69) is 163 Å². The van der Waals surface area contributed by atoms with Crippen molar-refractivity contribution in [3.05, 3.63) is 180 Å². The molecule has 0 aliphatic carbocycles. The number of hydrogen-bond donors (Lipinski definition) is 1. The maximum absolute atomic E-state index is 6.46. The Morgan fingerprint density at radius 2 is 1.00 bits per heavy atom. The SMILES string of the molecule is c1ccc2cc(C3=NC(c4cccc5oc6ccc(-c7ccc8ccccc8c7)cc6c45)NC(c4ccc5ccccc5c4)=N3)ccc2c1. The highest BCUT2D eigenvalue weighted by atomic mass is 16.3. The summed E-state index contributed by atoms with van der Waals surface area (Å²) in [6.07, 6.45) is -0.394. The van der Waals surface area contributed by atoms with Gasteiger partial charge in [-0.2, -0.15) is 0 Å². The van der Waals surface area contributed by atoms with Crippen LogP contribution in [0.3, 0.4) is 0 Å². The van der Waals surface area contributed by atoms with E-state index in [-0.39, 0.29) is 0 Å². The van der Waals surface area contributed by atoms with E-state index >= 15 is 0 Å². The molecule has 49 heavy (non-hydrogen) atoms. The summed E-state index contributed by atoms with van der Waals surface area (Å²) in [5, 5.41) is 13.0. The predicted molar refractivity (Wildman–Crippen MR) is 204 cm³/mol.